The van der Waals surface area contributed by atoms with Crippen LogP contribution in [-0.2, 0) is 0 Å². The maximum atomic E-state index is 5.30. The molecule has 1 aliphatic heterocycles. The molecule has 1 rings (SSSR count). The fourth-order valence-corrected chi connectivity index (χ4v) is 0.952. The van der Waals surface area contributed by atoms with E-state index >= 15 is 0 Å². The molecule has 1 aliphatic rings. The van der Waals surface area contributed by atoms with Gasteiger partial charge in [-0.1, -0.05) is 0 Å². The normalized spacial score (nSPS) is 19.3. The maximum Gasteiger partial charge on any atom is 0.113 e. The molecule has 0 spiro atoms. The Bertz CT molecular complexity index is 127. The smallest absolute Gasteiger partial charge is 0.113 e. The number of piperazine rings is 1. The second-order valence-corrected chi connectivity index (χ2v) is 2.59. The van der Waals surface area contributed by atoms with E-state index < -0.39 is 0 Å². The first kappa shape index (κ1) is 8.29. The fourth-order valence-electron chi connectivity index (χ4n) is 0.952. The number of hydrazine groups is 1. The van der Waals surface area contributed by atoms with Gasteiger partial charge in [0.2, 0.25) is 0 Å². The van der Waals surface area contributed by atoms with Crippen LogP contribution in [0.1, 0.15) is 0 Å². The van der Waals surface area contributed by atoms with Gasteiger partial charge in [0.05, 0.1) is 0 Å². The Kier molecular flexibility index (Phi) is 3.13. The molecule has 0 bridgehead atoms. The second-order valence-electron chi connectivity index (χ2n) is 2.59. The lowest BCUT2D eigenvalue weighted by atomic mass is 10.4. The van der Waals surface area contributed by atoms with E-state index in [1.165, 1.54) is 5.12 Å². The summed E-state index contributed by atoms with van der Waals surface area (Å²) in [4.78, 5) is 2.14. The van der Waals surface area contributed by atoms with Crippen LogP contribution in [0.15, 0.2) is 5.10 Å². The highest BCUT2D eigenvalue weighted by molar-refractivity contribution is 5.54. The van der Waals surface area contributed by atoms with Gasteiger partial charge in [-0.3, -0.25) is 0 Å². The number of hydrogen-bond donors (Lipinski definition) is 2. The minimum absolute atomic E-state index is 1.01. The van der Waals surface area contributed by atoms with Crippen LogP contribution >= 0.6 is 0 Å². The van der Waals surface area contributed by atoms with E-state index in [1.54, 1.807) is 13.4 Å². The molecule has 64 valence electrons. The molecule has 0 unspecified atom stereocenters. The van der Waals surface area contributed by atoms with Crippen molar-refractivity contribution >= 4 is 6.34 Å². The summed E-state index contributed by atoms with van der Waals surface area (Å²) in [6.07, 6.45) is 1.78. The predicted octanol–water partition coefficient (Wildman–Crippen LogP) is -1.36. The number of nitrogens with one attached hydrogen (secondary N) is 1. The molecule has 11 heavy (non-hydrogen) atoms. The van der Waals surface area contributed by atoms with Gasteiger partial charge in [0.15, 0.2) is 0 Å². The van der Waals surface area contributed by atoms with Gasteiger partial charge < -0.3 is 10.2 Å². The van der Waals surface area contributed by atoms with Crippen molar-refractivity contribution in [2.75, 3.05) is 33.2 Å². The molecule has 1 heterocycles. The minimum Gasteiger partial charge on any atom is -0.359 e. The van der Waals surface area contributed by atoms with Crippen LogP contribution in [0.3, 0.4) is 0 Å². The highest BCUT2D eigenvalue weighted by Crippen LogP contribution is 1.87. The van der Waals surface area contributed by atoms with Crippen LogP contribution in [0, 0.1) is 0 Å². The van der Waals surface area contributed by atoms with E-state index in [-0.39, 0.29) is 0 Å². The number of rotatable bonds is 2. The van der Waals surface area contributed by atoms with E-state index in [9.17, 15) is 0 Å². The van der Waals surface area contributed by atoms with Gasteiger partial charge in [-0.25, -0.2) is 11.0 Å². The number of nitrogens with zero attached hydrogens (tertiary/aromatic N) is 3. The highest BCUT2D eigenvalue weighted by Gasteiger charge is 2.04. The second kappa shape index (κ2) is 4.15. The summed E-state index contributed by atoms with van der Waals surface area (Å²) >= 11 is 0. The monoisotopic (exact) mass is 157 g/mol. The molecule has 3 N–H and O–H groups in total. The Balaban J connectivity index is 2.23. The fraction of sp³-hybridized carbons (Fsp3) is 0.833. The van der Waals surface area contributed by atoms with Crippen molar-refractivity contribution in [2.45, 2.75) is 0 Å². The average Bonchev–Trinajstić information content (AvgIpc) is 2.03. The lowest BCUT2D eigenvalue weighted by Gasteiger charge is -2.24. The van der Waals surface area contributed by atoms with Crippen molar-refractivity contribution in [3.63, 3.8) is 0 Å². The van der Waals surface area contributed by atoms with Crippen molar-refractivity contribution in [3.8, 4) is 0 Å². The number of nitrogens with two attached hydrogens (primary N) is 1. The summed E-state index contributed by atoms with van der Waals surface area (Å²) < 4.78 is 0. The lowest BCUT2D eigenvalue weighted by Crippen LogP contribution is -2.43. The predicted molar refractivity (Wildman–Crippen MR) is 44.9 cm³/mol. The Morgan fingerprint density at radius 3 is 2.73 bits per heavy atom. The van der Waals surface area contributed by atoms with Crippen molar-refractivity contribution in [1.29, 1.82) is 0 Å². The molecule has 0 amide bonds. The molecule has 1 fully saturated rings. The molecule has 0 aromatic heterocycles. The molecule has 0 aromatic carbocycles. The largest absolute Gasteiger partial charge is 0.359 e. The van der Waals surface area contributed by atoms with Gasteiger partial charge >= 0.3 is 0 Å². The molecular formula is C6H15N5. The maximum absolute atomic E-state index is 5.30. The zero-order chi connectivity index (χ0) is 8.10. The van der Waals surface area contributed by atoms with Gasteiger partial charge in [-0.15, -0.1) is 0 Å². The van der Waals surface area contributed by atoms with Crippen LogP contribution < -0.4 is 11.2 Å². The van der Waals surface area contributed by atoms with Crippen LogP contribution in [-0.4, -0.2) is 49.6 Å². The van der Waals surface area contributed by atoms with Crippen molar-refractivity contribution in [1.82, 2.24) is 15.3 Å². The Morgan fingerprint density at radius 2 is 2.18 bits per heavy atom. The summed E-state index contributed by atoms with van der Waals surface area (Å²) in [5.41, 5.74) is 0. The average molecular weight is 157 g/mol. The molecule has 5 nitrogen and oxygen atoms in total. The summed E-state index contributed by atoms with van der Waals surface area (Å²) in [5, 5.41) is 8.49. The minimum atomic E-state index is 1.01. The van der Waals surface area contributed by atoms with Crippen molar-refractivity contribution < 1.29 is 0 Å². The van der Waals surface area contributed by atoms with Crippen LogP contribution in [0.4, 0.5) is 0 Å². The van der Waals surface area contributed by atoms with Crippen LogP contribution in [0.25, 0.3) is 0 Å². The Labute approximate surface area is 66.8 Å². The van der Waals surface area contributed by atoms with Crippen molar-refractivity contribution in [3.05, 3.63) is 0 Å². The SMILES string of the molecule is CN(N)N=CN1CCNCC1. The molecule has 1 saturated heterocycles. The van der Waals surface area contributed by atoms with E-state index in [0.717, 1.165) is 26.2 Å². The van der Waals surface area contributed by atoms with E-state index in [4.69, 9.17) is 5.84 Å². The molecular weight excluding hydrogens is 142 g/mol. The van der Waals surface area contributed by atoms with Crippen molar-refractivity contribution in [2.24, 2.45) is 10.9 Å². The first-order chi connectivity index (χ1) is 5.29. The summed E-state index contributed by atoms with van der Waals surface area (Å²) in [5.74, 6) is 5.30. The molecule has 0 saturated carbocycles. The topological polar surface area (TPSA) is 56.9 Å². The molecule has 0 atom stereocenters. The van der Waals surface area contributed by atoms with Gasteiger partial charge in [0.25, 0.3) is 0 Å². The third-order valence-electron chi connectivity index (χ3n) is 1.55. The van der Waals surface area contributed by atoms with Gasteiger partial charge in [0.1, 0.15) is 6.34 Å². The number of hydrogen-bond acceptors (Lipinski definition) is 4. The summed E-state index contributed by atoms with van der Waals surface area (Å²) in [6, 6.07) is 0. The lowest BCUT2D eigenvalue weighted by molar-refractivity contribution is 0.334. The first-order valence-corrected chi connectivity index (χ1v) is 3.76. The van der Waals surface area contributed by atoms with E-state index in [1.807, 2.05) is 0 Å². The molecule has 0 aliphatic carbocycles. The standard InChI is InChI=1S/C6H15N5/c1-10(7)9-6-11-4-2-8-3-5-11/h6,8H,2-5,7H2,1H3. The van der Waals surface area contributed by atoms with Gasteiger partial charge in [-0.2, -0.15) is 5.10 Å². The summed E-state index contributed by atoms with van der Waals surface area (Å²) in [6.45, 7) is 4.08. The van der Waals surface area contributed by atoms with E-state index in [0.29, 0.717) is 0 Å². The number of hydrazone groups is 1. The Morgan fingerprint density at radius 1 is 1.55 bits per heavy atom. The zero-order valence-electron chi connectivity index (χ0n) is 6.82. The third kappa shape index (κ3) is 3.20. The van der Waals surface area contributed by atoms with Crippen LogP contribution in [0.5, 0.6) is 0 Å². The zero-order valence-corrected chi connectivity index (χ0v) is 6.82. The quantitative estimate of drug-likeness (QED) is 0.225. The molecule has 0 radical (unpaired) electrons. The first-order valence-electron chi connectivity index (χ1n) is 3.76. The van der Waals surface area contributed by atoms with Gasteiger partial charge in [-0.05, 0) is 0 Å². The molecule has 5 heteroatoms. The summed E-state index contributed by atoms with van der Waals surface area (Å²) in [7, 11) is 1.71. The van der Waals surface area contributed by atoms with Gasteiger partial charge in [0, 0.05) is 33.2 Å². The van der Waals surface area contributed by atoms with Crippen LogP contribution in [0.2, 0.25) is 0 Å². The van der Waals surface area contributed by atoms with E-state index in [2.05, 4.69) is 15.3 Å². The molecule has 0 aromatic rings. The highest BCUT2D eigenvalue weighted by atomic mass is 15.6. The Hall–Kier alpha value is -0.810. The third-order valence-corrected chi connectivity index (χ3v) is 1.55.